The van der Waals surface area contributed by atoms with Gasteiger partial charge in [-0.2, -0.15) is 0 Å². The predicted octanol–water partition coefficient (Wildman–Crippen LogP) is 7.29. The van der Waals surface area contributed by atoms with Crippen LogP contribution in [0.1, 0.15) is 19.4 Å². The molecule has 0 aliphatic carbocycles. The van der Waals surface area contributed by atoms with E-state index in [0.717, 1.165) is 6.42 Å². The van der Waals surface area contributed by atoms with Crippen LogP contribution in [0.25, 0.3) is 41.3 Å². The number of rotatable bonds is 5. The van der Waals surface area contributed by atoms with Crippen molar-refractivity contribution >= 4 is 63.0 Å². The Labute approximate surface area is 220 Å². The molecule has 0 atom stereocenters. The zero-order valence-electron chi connectivity index (χ0n) is 21.4. The first kappa shape index (κ1) is 23.4. The van der Waals surface area contributed by atoms with Crippen molar-refractivity contribution < 1.29 is 0 Å². The second-order valence-corrected chi connectivity index (χ2v) is 17.3. The average Bonchev–Trinajstić information content (AvgIpc) is 3.28. The van der Waals surface area contributed by atoms with Crippen LogP contribution in [-0.2, 0) is 6.42 Å². The fourth-order valence-electron chi connectivity index (χ4n) is 5.56. The van der Waals surface area contributed by atoms with Gasteiger partial charge in [0.05, 0.1) is 0 Å². The quantitative estimate of drug-likeness (QED) is 0.206. The van der Waals surface area contributed by atoms with E-state index in [4.69, 9.17) is 4.98 Å². The van der Waals surface area contributed by atoms with E-state index in [9.17, 15) is 0 Å². The minimum absolute atomic E-state index is 0.262. The molecular weight excluding hydrogens is 517 g/mol. The zero-order valence-corrected chi connectivity index (χ0v) is 24.1. The molecule has 2 aromatic heterocycles. The van der Waals surface area contributed by atoms with Gasteiger partial charge in [0.25, 0.3) is 0 Å². The Morgan fingerprint density at radius 2 is 1.47 bits per heavy atom. The number of fused-ring (bicyclic) bond motifs is 4. The van der Waals surface area contributed by atoms with Crippen molar-refractivity contribution in [2.24, 2.45) is 5.92 Å². The summed E-state index contributed by atoms with van der Waals surface area (Å²) in [6.07, 6.45) is 3.15. The van der Waals surface area contributed by atoms with Gasteiger partial charge in [0.2, 0.25) is 0 Å². The van der Waals surface area contributed by atoms with Crippen molar-refractivity contribution in [2.75, 3.05) is 0 Å². The molecule has 0 bridgehead atoms. The molecule has 0 radical (unpaired) electrons. The molecule has 0 saturated carbocycles. The van der Waals surface area contributed by atoms with Gasteiger partial charge in [-0.25, -0.2) is 0 Å². The van der Waals surface area contributed by atoms with Gasteiger partial charge in [-0.15, -0.1) is 0 Å². The molecule has 0 amide bonds. The Morgan fingerprint density at radius 1 is 0.750 bits per heavy atom. The summed E-state index contributed by atoms with van der Waals surface area (Å²) < 4.78 is 3.00. The van der Waals surface area contributed by atoms with E-state index in [1.54, 1.807) is 4.26 Å². The van der Waals surface area contributed by atoms with Gasteiger partial charge in [0.15, 0.2) is 0 Å². The summed E-state index contributed by atoms with van der Waals surface area (Å²) in [5, 5.41) is 8.45. The molecule has 0 spiro atoms. The van der Waals surface area contributed by atoms with Crippen LogP contribution in [0.2, 0.25) is 13.1 Å². The monoisotopic (exact) mass is 549 g/mol. The van der Waals surface area contributed by atoms with Crippen molar-refractivity contribution in [3.8, 4) is 11.3 Å². The van der Waals surface area contributed by atoms with Gasteiger partial charge in [-0.05, 0) is 0 Å². The van der Waals surface area contributed by atoms with E-state index < -0.39 is 8.07 Å². The first-order chi connectivity index (χ1) is 17.4. The van der Waals surface area contributed by atoms with Gasteiger partial charge in [-0.1, -0.05) is 0 Å². The van der Waals surface area contributed by atoms with Crippen LogP contribution in [0, 0.1) is 5.92 Å². The normalized spacial score (nSPS) is 12.2. The van der Waals surface area contributed by atoms with Crippen molar-refractivity contribution in [3.63, 3.8) is 0 Å². The first-order valence-electron chi connectivity index (χ1n) is 12.8. The molecule has 2 heterocycles. The van der Waals surface area contributed by atoms with E-state index >= 15 is 0 Å². The van der Waals surface area contributed by atoms with E-state index in [1.807, 2.05) is 6.20 Å². The standard InChI is InChI=1S/C33H31NSeSi/c1-22(2)19-24-12-10-16-28-29-17-18-34-31(33(29)35-32(24)28)25-20-23-11-8-9-15-27(23)30(21-25)36(3,4)26-13-6-5-7-14-26/h5-18,20-22H,19H2,1-4H3. The minimum atomic E-state index is -1.92. The molecule has 4 aromatic carbocycles. The molecule has 6 aromatic rings. The zero-order chi connectivity index (χ0) is 24.9. The Balaban J connectivity index is 1.62. The molecule has 0 unspecified atom stereocenters. The number of aromatic nitrogens is 1. The van der Waals surface area contributed by atoms with Gasteiger partial charge in [0.1, 0.15) is 0 Å². The van der Waals surface area contributed by atoms with Crippen LogP contribution in [0.3, 0.4) is 0 Å². The molecule has 0 N–H and O–H groups in total. The Bertz CT molecular complexity index is 1710. The summed E-state index contributed by atoms with van der Waals surface area (Å²) in [6, 6.07) is 33.9. The van der Waals surface area contributed by atoms with E-state index in [1.165, 1.54) is 53.0 Å². The van der Waals surface area contributed by atoms with Crippen LogP contribution >= 0.6 is 0 Å². The molecule has 0 aliphatic heterocycles. The molecule has 3 heteroatoms. The summed E-state index contributed by atoms with van der Waals surface area (Å²) in [6.45, 7) is 9.59. The molecule has 6 rings (SSSR count). The number of nitrogens with zero attached hydrogens (tertiary/aromatic N) is 1. The van der Waals surface area contributed by atoms with Crippen molar-refractivity contribution in [3.05, 3.63) is 103 Å². The molecule has 36 heavy (non-hydrogen) atoms. The molecule has 1 nitrogen and oxygen atoms in total. The van der Waals surface area contributed by atoms with Gasteiger partial charge in [0, 0.05) is 0 Å². The SMILES string of the molecule is CC(C)Cc1cccc2c1[se]c1c(-c3cc([Si](C)(C)c4ccccc4)c4ccccc4c3)nccc12. The fourth-order valence-corrected chi connectivity index (χ4v) is 11.1. The summed E-state index contributed by atoms with van der Waals surface area (Å²) in [7, 11) is -1.92. The van der Waals surface area contributed by atoms with Crippen LogP contribution in [0.5, 0.6) is 0 Å². The number of pyridine rings is 1. The molecule has 178 valence electrons. The Hall–Kier alpha value is -2.97. The van der Waals surface area contributed by atoms with Crippen LogP contribution < -0.4 is 10.4 Å². The van der Waals surface area contributed by atoms with Crippen LogP contribution in [0.15, 0.2) is 97.2 Å². The third-order valence-corrected chi connectivity index (χ3v) is 13.7. The van der Waals surface area contributed by atoms with Crippen LogP contribution in [0.4, 0.5) is 0 Å². The molecule has 0 saturated heterocycles. The molecule has 0 aliphatic rings. The Kier molecular flexibility index (Phi) is 5.96. The maximum atomic E-state index is 5.03. The predicted molar refractivity (Wildman–Crippen MR) is 161 cm³/mol. The first-order valence-corrected chi connectivity index (χ1v) is 17.5. The number of benzene rings is 4. The van der Waals surface area contributed by atoms with Crippen molar-refractivity contribution in [1.29, 1.82) is 0 Å². The second-order valence-electron chi connectivity index (χ2n) is 10.8. The van der Waals surface area contributed by atoms with E-state index in [0.29, 0.717) is 5.92 Å². The third kappa shape index (κ3) is 3.96. The Morgan fingerprint density at radius 3 is 2.28 bits per heavy atom. The number of hydrogen-bond donors (Lipinski definition) is 0. The maximum absolute atomic E-state index is 5.03. The van der Waals surface area contributed by atoms with E-state index in [-0.39, 0.29) is 14.5 Å². The fraction of sp³-hybridized carbons (Fsp3) is 0.182. The average molecular weight is 549 g/mol. The van der Waals surface area contributed by atoms with Gasteiger partial charge >= 0.3 is 221 Å². The molecular formula is C33H31NSeSi. The summed E-state index contributed by atoms with van der Waals surface area (Å²) in [4.78, 5) is 5.03. The summed E-state index contributed by atoms with van der Waals surface area (Å²) in [5.74, 6) is 0.654. The van der Waals surface area contributed by atoms with Crippen LogP contribution in [-0.4, -0.2) is 27.6 Å². The molecule has 0 fully saturated rings. The number of hydrogen-bond acceptors (Lipinski definition) is 1. The van der Waals surface area contributed by atoms with Crippen molar-refractivity contribution in [2.45, 2.75) is 33.4 Å². The second kappa shape index (κ2) is 9.16. The van der Waals surface area contributed by atoms with Crippen molar-refractivity contribution in [1.82, 2.24) is 4.98 Å². The van der Waals surface area contributed by atoms with E-state index in [2.05, 4.69) is 118 Å². The summed E-state index contributed by atoms with van der Waals surface area (Å²) >= 11 is 0.262. The van der Waals surface area contributed by atoms with Gasteiger partial charge < -0.3 is 0 Å². The topological polar surface area (TPSA) is 12.9 Å². The summed E-state index contributed by atoms with van der Waals surface area (Å²) in [5.41, 5.74) is 3.95. The third-order valence-electron chi connectivity index (χ3n) is 7.43. The van der Waals surface area contributed by atoms with Gasteiger partial charge in [-0.3, -0.25) is 0 Å².